The van der Waals surface area contributed by atoms with Gasteiger partial charge in [-0.1, -0.05) is 0 Å². The third-order valence-electron chi connectivity index (χ3n) is 2.62. The Morgan fingerprint density at radius 1 is 1.15 bits per heavy atom. The number of aliphatic hydroxyl groups excluding tert-OH is 1. The van der Waals surface area contributed by atoms with Crippen LogP contribution in [0.4, 0.5) is 0 Å². The van der Waals surface area contributed by atoms with Crippen LogP contribution in [-0.2, 0) is 0 Å². The highest BCUT2D eigenvalue weighted by molar-refractivity contribution is 9.11. The Hall–Kier alpha value is -1.11. The van der Waals surface area contributed by atoms with Gasteiger partial charge in [-0.2, -0.15) is 0 Å². The molecule has 1 aromatic heterocycles. The van der Waals surface area contributed by atoms with Crippen molar-refractivity contribution in [3.05, 3.63) is 45.1 Å². The molecule has 1 N–H and O–H groups in total. The molecule has 4 nitrogen and oxygen atoms in total. The topological polar surface area (TPSA) is 51.6 Å². The predicted molar refractivity (Wildman–Crippen MR) is 83.3 cm³/mol. The summed E-state index contributed by atoms with van der Waals surface area (Å²) in [4.78, 5) is 4.13. The molecular weight excluding hydrogens is 390 g/mol. The number of aromatic nitrogens is 1. The van der Waals surface area contributed by atoms with Gasteiger partial charge in [0.25, 0.3) is 0 Å². The average Bonchev–Trinajstić information content (AvgIpc) is 2.43. The molecule has 0 fully saturated rings. The Balaban J connectivity index is 2.23. The van der Waals surface area contributed by atoms with E-state index >= 15 is 0 Å². The van der Waals surface area contributed by atoms with Crippen molar-refractivity contribution in [2.24, 2.45) is 0 Å². The van der Waals surface area contributed by atoms with E-state index in [1.165, 1.54) is 0 Å². The van der Waals surface area contributed by atoms with Gasteiger partial charge in [0.05, 0.1) is 34.0 Å². The van der Waals surface area contributed by atoms with Crippen LogP contribution in [0.2, 0.25) is 0 Å². The van der Waals surface area contributed by atoms with Gasteiger partial charge in [-0.3, -0.25) is 4.98 Å². The highest BCUT2D eigenvalue weighted by Gasteiger charge is 2.10. The molecule has 0 saturated carbocycles. The van der Waals surface area contributed by atoms with E-state index in [4.69, 9.17) is 9.47 Å². The highest BCUT2D eigenvalue weighted by atomic mass is 79.9. The van der Waals surface area contributed by atoms with Gasteiger partial charge in [-0.05, 0) is 63.0 Å². The summed E-state index contributed by atoms with van der Waals surface area (Å²) in [6.45, 7) is 1.67. The molecule has 0 bridgehead atoms. The number of aliphatic hydroxyl groups is 1. The molecule has 0 aliphatic rings. The first-order valence-electron chi connectivity index (χ1n) is 5.86. The van der Waals surface area contributed by atoms with Crippen LogP contribution in [0, 0.1) is 0 Å². The lowest BCUT2D eigenvalue weighted by Gasteiger charge is -2.11. The molecule has 106 valence electrons. The van der Waals surface area contributed by atoms with Crippen LogP contribution >= 0.6 is 31.9 Å². The second-order valence-electron chi connectivity index (χ2n) is 4.11. The third-order valence-corrected chi connectivity index (χ3v) is 3.86. The second kappa shape index (κ2) is 6.56. The summed E-state index contributed by atoms with van der Waals surface area (Å²) in [6, 6.07) is 7.12. The smallest absolute Gasteiger partial charge is 0.145 e. The zero-order chi connectivity index (χ0) is 14.7. The van der Waals surface area contributed by atoms with E-state index in [1.54, 1.807) is 32.4 Å². The number of hydrogen-bond acceptors (Lipinski definition) is 4. The molecule has 2 aromatic rings. The summed E-state index contributed by atoms with van der Waals surface area (Å²) in [5.74, 6) is 1.95. The van der Waals surface area contributed by atoms with E-state index in [9.17, 15) is 5.11 Å². The maximum Gasteiger partial charge on any atom is 0.145 e. The van der Waals surface area contributed by atoms with Crippen molar-refractivity contribution in [1.29, 1.82) is 0 Å². The average molecular weight is 403 g/mol. The van der Waals surface area contributed by atoms with Crippen molar-refractivity contribution in [1.82, 2.24) is 4.98 Å². The maximum absolute atomic E-state index is 9.41. The summed E-state index contributed by atoms with van der Waals surface area (Å²) in [6.07, 6.45) is 0.984. The van der Waals surface area contributed by atoms with Crippen LogP contribution in [0.5, 0.6) is 17.2 Å². The second-order valence-corrected chi connectivity index (χ2v) is 5.82. The number of methoxy groups -OCH3 is 1. The number of benzene rings is 1. The normalized spacial score (nSPS) is 12.1. The summed E-state index contributed by atoms with van der Waals surface area (Å²) < 4.78 is 12.5. The first-order chi connectivity index (χ1) is 9.51. The Morgan fingerprint density at radius 3 is 2.35 bits per heavy atom. The Kier molecular flexibility index (Phi) is 5.01. The number of pyridine rings is 1. The third kappa shape index (κ3) is 3.50. The fourth-order valence-electron chi connectivity index (χ4n) is 1.57. The van der Waals surface area contributed by atoms with Gasteiger partial charge >= 0.3 is 0 Å². The fourth-order valence-corrected chi connectivity index (χ4v) is 2.46. The van der Waals surface area contributed by atoms with Crippen molar-refractivity contribution in [2.75, 3.05) is 7.11 Å². The van der Waals surface area contributed by atoms with Crippen LogP contribution in [0.25, 0.3) is 0 Å². The Morgan fingerprint density at radius 2 is 1.80 bits per heavy atom. The van der Waals surface area contributed by atoms with Crippen LogP contribution in [0.3, 0.4) is 0 Å². The molecule has 0 unspecified atom stereocenters. The lowest BCUT2D eigenvalue weighted by Crippen LogP contribution is -1.95. The van der Waals surface area contributed by atoms with E-state index in [0.29, 0.717) is 22.9 Å². The van der Waals surface area contributed by atoms with Crippen molar-refractivity contribution < 1.29 is 14.6 Å². The standard InChI is InChI=1S/C14H13Br2NO3/c1-8(18)12-4-3-9(7-17-12)20-14-6-10(15)13(19-2)5-11(14)16/h3-8,18H,1-2H3/t8-/m1/s1. The SMILES string of the molecule is COc1cc(Br)c(Oc2ccc([C@@H](C)O)nc2)cc1Br. The lowest BCUT2D eigenvalue weighted by molar-refractivity contribution is 0.194. The molecule has 20 heavy (non-hydrogen) atoms. The highest BCUT2D eigenvalue weighted by Crippen LogP contribution is 2.38. The summed E-state index contributed by atoms with van der Waals surface area (Å²) in [5, 5.41) is 9.41. The number of rotatable bonds is 4. The molecule has 1 heterocycles. The zero-order valence-corrected chi connectivity index (χ0v) is 14.1. The zero-order valence-electron chi connectivity index (χ0n) is 10.9. The molecule has 0 aliphatic carbocycles. The van der Waals surface area contributed by atoms with E-state index in [1.807, 2.05) is 12.1 Å². The first-order valence-corrected chi connectivity index (χ1v) is 7.44. The van der Waals surface area contributed by atoms with Gasteiger partial charge in [0.1, 0.15) is 17.2 Å². The molecule has 0 aliphatic heterocycles. The number of hydrogen-bond donors (Lipinski definition) is 1. The molecule has 1 atom stereocenters. The monoisotopic (exact) mass is 401 g/mol. The van der Waals surface area contributed by atoms with Crippen molar-refractivity contribution in [2.45, 2.75) is 13.0 Å². The summed E-state index contributed by atoms with van der Waals surface area (Å²) in [5.41, 5.74) is 0.604. The van der Waals surface area contributed by atoms with Crippen molar-refractivity contribution >= 4 is 31.9 Å². The minimum atomic E-state index is -0.592. The van der Waals surface area contributed by atoms with Crippen LogP contribution in [0.1, 0.15) is 18.7 Å². The van der Waals surface area contributed by atoms with Gasteiger partial charge in [0.2, 0.25) is 0 Å². The van der Waals surface area contributed by atoms with Crippen LogP contribution in [0.15, 0.2) is 39.4 Å². The minimum absolute atomic E-state index is 0.590. The van der Waals surface area contributed by atoms with Crippen LogP contribution in [-0.4, -0.2) is 17.2 Å². The molecule has 0 spiro atoms. The van der Waals surface area contributed by atoms with Gasteiger partial charge in [-0.15, -0.1) is 0 Å². The summed E-state index contributed by atoms with van der Waals surface area (Å²) in [7, 11) is 1.60. The van der Waals surface area contributed by atoms with Crippen molar-refractivity contribution in [3.63, 3.8) is 0 Å². The van der Waals surface area contributed by atoms with E-state index in [-0.39, 0.29) is 0 Å². The van der Waals surface area contributed by atoms with Gasteiger partial charge in [0.15, 0.2) is 0 Å². The van der Waals surface area contributed by atoms with Gasteiger partial charge in [-0.25, -0.2) is 0 Å². The molecule has 6 heteroatoms. The molecule has 0 amide bonds. The molecule has 0 radical (unpaired) electrons. The van der Waals surface area contributed by atoms with Gasteiger partial charge in [0, 0.05) is 0 Å². The van der Waals surface area contributed by atoms with E-state index in [2.05, 4.69) is 36.8 Å². The minimum Gasteiger partial charge on any atom is -0.496 e. The maximum atomic E-state index is 9.41. The Labute approximate surface area is 134 Å². The predicted octanol–water partition coefficient (Wildman–Crippen LogP) is 4.46. The van der Waals surface area contributed by atoms with Gasteiger partial charge < -0.3 is 14.6 Å². The van der Waals surface area contributed by atoms with E-state index in [0.717, 1.165) is 8.95 Å². The Bertz CT molecular complexity index is 600. The first kappa shape index (κ1) is 15.3. The van der Waals surface area contributed by atoms with Crippen molar-refractivity contribution in [3.8, 4) is 17.2 Å². The number of halogens is 2. The number of ether oxygens (including phenoxy) is 2. The molecule has 1 aromatic carbocycles. The van der Waals surface area contributed by atoms with E-state index < -0.39 is 6.10 Å². The quantitative estimate of drug-likeness (QED) is 0.820. The largest absolute Gasteiger partial charge is 0.496 e. The summed E-state index contributed by atoms with van der Waals surface area (Å²) >= 11 is 6.84. The fraction of sp³-hybridized carbons (Fsp3) is 0.214. The molecule has 0 saturated heterocycles. The molecular formula is C14H13Br2NO3. The lowest BCUT2D eigenvalue weighted by atomic mass is 10.2. The van der Waals surface area contributed by atoms with Crippen LogP contribution < -0.4 is 9.47 Å². The molecule has 2 rings (SSSR count). The number of nitrogens with zero attached hydrogens (tertiary/aromatic N) is 1.